The summed E-state index contributed by atoms with van der Waals surface area (Å²) in [7, 11) is 0. The van der Waals surface area contributed by atoms with Gasteiger partial charge in [-0.2, -0.15) is 18.4 Å². The molecule has 1 aromatic carbocycles. The summed E-state index contributed by atoms with van der Waals surface area (Å²) in [5, 5.41) is 15.3. The molecule has 2 aromatic rings. The quantitative estimate of drug-likeness (QED) is 0.829. The molecule has 5 nitrogen and oxygen atoms in total. The Bertz CT molecular complexity index is 522. The van der Waals surface area contributed by atoms with Crippen molar-refractivity contribution in [1.29, 1.82) is 0 Å². The number of rotatable bonds is 3. The standard InChI is InChI=1S/C9H7F4N5/c10-6-3-5(9(11,12)13)1-2-7(6)14-4-8-15-17-18-16-8/h1-3,14H,4H2,(H,15,16,17,18). The molecule has 96 valence electrons. The number of benzene rings is 1. The molecule has 0 saturated heterocycles. The van der Waals surface area contributed by atoms with Crippen molar-refractivity contribution in [3.05, 3.63) is 35.4 Å². The summed E-state index contributed by atoms with van der Waals surface area (Å²) in [5.74, 6) is -0.720. The van der Waals surface area contributed by atoms with Gasteiger partial charge in [-0.25, -0.2) is 4.39 Å². The van der Waals surface area contributed by atoms with E-state index in [1.165, 1.54) is 0 Å². The van der Waals surface area contributed by atoms with Gasteiger partial charge in [0.15, 0.2) is 5.82 Å². The van der Waals surface area contributed by atoms with E-state index in [2.05, 4.69) is 25.9 Å². The molecule has 0 fully saturated rings. The van der Waals surface area contributed by atoms with Gasteiger partial charge in [0, 0.05) is 0 Å². The number of halogens is 4. The molecule has 0 aliphatic heterocycles. The molecule has 0 atom stereocenters. The third kappa shape index (κ3) is 2.73. The molecule has 18 heavy (non-hydrogen) atoms. The van der Waals surface area contributed by atoms with E-state index in [1.54, 1.807) is 0 Å². The minimum atomic E-state index is -4.56. The van der Waals surface area contributed by atoms with E-state index in [0.717, 1.165) is 12.1 Å². The fraction of sp³-hybridized carbons (Fsp3) is 0.222. The van der Waals surface area contributed by atoms with Crippen LogP contribution in [0.4, 0.5) is 23.2 Å². The number of aromatic amines is 1. The first-order valence-electron chi connectivity index (χ1n) is 4.80. The van der Waals surface area contributed by atoms with Gasteiger partial charge in [-0.15, -0.1) is 10.2 Å². The van der Waals surface area contributed by atoms with Crippen molar-refractivity contribution < 1.29 is 17.6 Å². The molecule has 0 radical (unpaired) electrons. The van der Waals surface area contributed by atoms with Crippen molar-refractivity contribution in [2.45, 2.75) is 12.7 Å². The molecular formula is C9H7F4N5. The van der Waals surface area contributed by atoms with Crippen LogP contribution in [-0.4, -0.2) is 20.6 Å². The number of anilines is 1. The van der Waals surface area contributed by atoms with E-state index in [-0.39, 0.29) is 18.1 Å². The molecular weight excluding hydrogens is 254 g/mol. The number of aromatic nitrogens is 4. The Labute approximate surface area is 98.2 Å². The summed E-state index contributed by atoms with van der Waals surface area (Å²) < 4.78 is 50.3. The van der Waals surface area contributed by atoms with Crippen LogP contribution in [-0.2, 0) is 12.7 Å². The Kier molecular flexibility index (Phi) is 3.13. The topological polar surface area (TPSA) is 66.5 Å². The maximum Gasteiger partial charge on any atom is 0.416 e. The van der Waals surface area contributed by atoms with E-state index in [9.17, 15) is 17.6 Å². The first-order chi connectivity index (χ1) is 8.47. The molecule has 0 spiro atoms. The van der Waals surface area contributed by atoms with E-state index in [4.69, 9.17) is 0 Å². The molecule has 0 saturated carbocycles. The van der Waals surface area contributed by atoms with Crippen LogP contribution >= 0.6 is 0 Å². The Morgan fingerprint density at radius 1 is 1.28 bits per heavy atom. The molecule has 0 aliphatic rings. The average Bonchev–Trinajstić information content (AvgIpc) is 2.79. The average molecular weight is 261 g/mol. The first-order valence-corrected chi connectivity index (χ1v) is 4.80. The second kappa shape index (κ2) is 4.59. The molecule has 9 heteroatoms. The van der Waals surface area contributed by atoms with Crippen molar-refractivity contribution in [3.63, 3.8) is 0 Å². The highest BCUT2D eigenvalue weighted by Gasteiger charge is 2.31. The predicted octanol–water partition coefficient (Wildman–Crippen LogP) is 1.97. The van der Waals surface area contributed by atoms with Crippen LogP contribution in [0.1, 0.15) is 11.4 Å². The first kappa shape index (κ1) is 12.3. The Balaban J connectivity index is 2.10. The number of alkyl halides is 3. The van der Waals surface area contributed by atoms with Crippen LogP contribution in [0.25, 0.3) is 0 Å². The third-order valence-corrected chi connectivity index (χ3v) is 2.12. The molecule has 2 N–H and O–H groups in total. The molecule has 1 heterocycles. The molecule has 0 bridgehead atoms. The SMILES string of the molecule is Fc1cc(C(F)(F)F)ccc1NCc1nn[nH]n1. The van der Waals surface area contributed by atoms with Crippen LogP contribution in [0, 0.1) is 5.82 Å². The predicted molar refractivity (Wildman–Crippen MR) is 52.9 cm³/mol. The summed E-state index contributed by atoms with van der Waals surface area (Å²) in [4.78, 5) is 0. The van der Waals surface area contributed by atoms with Crippen LogP contribution in [0.5, 0.6) is 0 Å². The van der Waals surface area contributed by atoms with Crippen molar-refractivity contribution in [1.82, 2.24) is 20.6 Å². The van der Waals surface area contributed by atoms with E-state index in [1.807, 2.05) is 0 Å². The zero-order chi connectivity index (χ0) is 13.2. The Morgan fingerprint density at radius 3 is 2.61 bits per heavy atom. The monoisotopic (exact) mass is 261 g/mol. The maximum atomic E-state index is 13.4. The Hall–Kier alpha value is -2.19. The van der Waals surface area contributed by atoms with Gasteiger partial charge in [0.25, 0.3) is 0 Å². The van der Waals surface area contributed by atoms with Gasteiger partial charge in [0.1, 0.15) is 5.82 Å². The number of hydrogen-bond donors (Lipinski definition) is 2. The van der Waals surface area contributed by atoms with Gasteiger partial charge in [0.05, 0.1) is 17.8 Å². The number of hydrogen-bond acceptors (Lipinski definition) is 4. The lowest BCUT2D eigenvalue weighted by Gasteiger charge is -2.09. The van der Waals surface area contributed by atoms with E-state index in [0.29, 0.717) is 6.07 Å². The second-order valence-electron chi connectivity index (χ2n) is 3.37. The van der Waals surface area contributed by atoms with E-state index >= 15 is 0 Å². The zero-order valence-electron chi connectivity index (χ0n) is 8.79. The zero-order valence-corrected chi connectivity index (χ0v) is 8.79. The molecule has 1 aromatic heterocycles. The van der Waals surface area contributed by atoms with Gasteiger partial charge in [-0.1, -0.05) is 5.21 Å². The highest BCUT2D eigenvalue weighted by Crippen LogP contribution is 2.31. The number of tetrazole rings is 1. The minimum absolute atomic E-state index is 0.0543. The fourth-order valence-electron chi connectivity index (χ4n) is 1.27. The lowest BCUT2D eigenvalue weighted by molar-refractivity contribution is -0.137. The lowest BCUT2D eigenvalue weighted by Crippen LogP contribution is -2.08. The summed E-state index contributed by atoms with van der Waals surface area (Å²) >= 11 is 0. The minimum Gasteiger partial charge on any atom is -0.375 e. The highest BCUT2D eigenvalue weighted by atomic mass is 19.4. The van der Waals surface area contributed by atoms with Crippen molar-refractivity contribution >= 4 is 5.69 Å². The number of H-pyrrole nitrogens is 1. The lowest BCUT2D eigenvalue weighted by atomic mass is 10.2. The normalized spacial score (nSPS) is 11.6. The van der Waals surface area contributed by atoms with Gasteiger partial charge in [-0.05, 0) is 18.2 Å². The van der Waals surface area contributed by atoms with Crippen molar-refractivity contribution in [2.75, 3.05) is 5.32 Å². The Morgan fingerprint density at radius 2 is 2.06 bits per heavy atom. The summed E-state index contributed by atoms with van der Waals surface area (Å²) in [6.07, 6.45) is -4.56. The third-order valence-electron chi connectivity index (χ3n) is 2.12. The summed E-state index contributed by atoms with van der Waals surface area (Å²) in [5.41, 5.74) is -1.10. The molecule has 0 amide bonds. The van der Waals surface area contributed by atoms with Gasteiger partial charge in [-0.3, -0.25) is 0 Å². The molecule has 0 unspecified atom stereocenters. The molecule has 2 rings (SSSR count). The number of nitrogens with one attached hydrogen (secondary N) is 2. The van der Waals surface area contributed by atoms with Gasteiger partial charge < -0.3 is 5.32 Å². The van der Waals surface area contributed by atoms with Gasteiger partial charge in [0.2, 0.25) is 0 Å². The van der Waals surface area contributed by atoms with Crippen molar-refractivity contribution in [2.24, 2.45) is 0 Å². The van der Waals surface area contributed by atoms with Crippen LogP contribution in [0.15, 0.2) is 18.2 Å². The maximum absolute atomic E-state index is 13.4. The van der Waals surface area contributed by atoms with Crippen molar-refractivity contribution in [3.8, 4) is 0 Å². The smallest absolute Gasteiger partial charge is 0.375 e. The van der Waals surface area contributed by atoms with E-state index < -0.39 is 17.6 Å². The van der Waals surface area contributed by atoms with Crippen LogP contribution < -0.4 is 5.32 Å². The largest absolute Gasteiger partial charge is 0.416 e. The highest BCUT2D eigenvalue weighted by molar-refractivity contribution is 5.46. The molecule has 0 aliphatic carbocycles. The fourth-order valence-corrected chi connectivity index (χ4v) is 1.27. The summed E-state index contributed by atoms with van der Waals surface area (Å²) in [6.45, 7) is 0.0543. The van der Waals surface area contributed by atoms with Crippen LogP contribution in [0.3, 0.4) is 0 Å². The van der Waals surface area contributed by atoms with Crippen LogP contribution in [0.2, 0.25) is 0 Å². The summed E-state index contributed by atoms with van der Waals surface area (Å²) in [6, 6.07) is 2.23. The second-order valence-corrected chi connectivity index (χ2v) is 3.37. The number of nitrogens with zero attached hydrogens (tertiary/aromatic N) is 3. The van der Waals surface area contributed by atoms with Gasteiger partial charge >= 0.3 is 6.18 Å².